The third-order valence-electron chi connectivity index (χ3n) is 2.78. The molecule has 0 aromatic heterocycles. The van der Waals surface area contributed by atoms with E-state index in [1.165, 1.54) is 6.21 Å². The molecule has 24 heavy (non-hydrogen) atoms. The molecule has 0 saturated carbocycles. The molecule has 0 saturated heterocycles. The number of carbonyl (C=O) groups excluding carboxylic acids is 1. The van der Waals surface area contributed by atoms with Crippen LogP contribution in [0.1, 0.15) is 19.4 Å². The van der Waals surface area contributed by atoms with E-state index in [-0.39, 0.29) is 6.10 Å². The summed E-state index contributed by atoms with van der Waals surface area (Å²) in [6.07, 6.45) is 1.53. The van der Waals surface area contributed by atoms with Crippen LogP contribution < -0.4 is 15.5 Å². The molecule has 2 aromatic rings. The molecule has 0 radical (unpaired) electrons. The number of ether oxygens (including phenoxy) is 1. The highest BCUT2D eigenvalue weighted by atomic mass is 35.5. The van der Waals surface area contributed by atoms with E-state index in [4.69, 9.17) is 27.9 Å². The average molecular weight is 366 g/mol. The molecule has 0 aliphatic heterocycles. The van der Waals surface area contributed by atoms with Crippen LogP contribution in [0.15, 0.2) is 47.6 Å². The van der Waals surface area contributed by atoms with Gasteiger partial charge in [0, 0.05) is 10.7 Å². The molecule has 7 heteroatoms. The number of halogens is 2. The molecule has 0 fully saturated rings. The molecule has 2 rings (SSSR count). The summed E-state index contributed by atoms with van der Waals surface area (Å²) >= 11 is 12.0. The van der Waals surface area contributed by atoms with Crippen LogP contribution in [-0.4, -0.2) is 18.3 Å². The summed E-state index contributed by atoms with van der Waals surface area (Å²) in [6, 6.07) is 11.6. The first-order valence-corrected chi connectivity index (χ1v) is 8.01. The first kappa shape index (κ1) is 18.1. The maximum Gasteiger partial charge on any atom is 0.339 e. The minimum Gasteiger partial charge on any atom is -0.489 e. The van der Waals surface area contributed by atoms with Crippen molar-refractivity contribution in [3.63, 3.8) is 0 Å². The molecule has 2 aromatic carbocycles. The number of nitrogens with zero attached hydrogens (tertiary/aromatic N) is 1. The maximum atomic E-state index is 11.7. The third-order valence-corrected chi connectivity index (χ3v) is 3.31. The highest BCUT2D eigenvalue weighted by molar-refractivity contribution is 6.32. The Morgan fingerprint density at radius 3 is 2.67 bits per heavy atom. The summed E-state index contributed by atoms with van der Waals surface area (Å²) in [4.78, 5) is 11.7. The van der Waals surface area contributed by atoms with Gasteiger partial charge >= 0.3 is 6.03 Å². The largest absolute Gasteiger partial charge is 0.489 e. The van der Waals surface area contributed by atoms with Gasteiger partial charge in [-0.2, -0.15) is 5.10 Å². The van der Waals surface area contributed by atoms with Crippen molar-refractivity contribution in [1.29, 1.82) is 0 Å². The number of carbonyl (C=O) groups is 1. The Morgan fingerprint density at radius 2 is 2.00 bits per heavy atom. The molecule has 0 spiro atoms. The van der Waals surface area contributed by atoms with E-state index in [0.29, 0.717) is 21.5 Å². The number of benzene rings is 2. The van der Waals surface area contributed by atoms with Crippen molar-refractivity contribution in [1.82, 2.24) is 5.43 Å². The zero-order valence-corrected chi connectivity index (χ0v) is 14.7. The number of urea groups is 1. The molecular weight excluding hydrogens is 349 g/mol. The quantitative estimate of drug-likeness (QED) is 0.582. The lowest BCUT2D eigenvalue weighted by molar-refractivity contribution is 0.242. The predicted octanol–water partition coefficient (Wildman–Crippen LogP) is 4.94. The van der Waals surface area contributed by atoms with Crippen molar-refractivity contribution in [2.45, 2.75) is 20.0 Å². The zero-order chi connectivity index (χ0) is 17.5. The lowest BCUT2D eigenvalue weighted by atomic mass is 10.2. The molecule has 0 bridgehead atoms. The normalized spacial score (nSPS) is 10.9. The van der Waals surface area contributed by atoms with Gasteiger partial charge in [-0.3, -0.25) is 0 Å². The number of hydrazone groups is 1. The van der Waals surface area contributed by atoms with Gasteiger partial charge in [-0.25, -0.2) is 10.2 Å². The van der Waals surface area contributed by atoms with Gasteiger partial charge in [0.2, 0.25) is 0 Å². The van der Waals surface area contributed by atoms with Crippen LogP contribution in [0.4, 0.5) is 10.5 Å². The van der Waals surface area contributed by atoms with Gasteiger partial charge in [-0.05, 0) is 55.8 Å². The number of hydrogen-bond donors (Lipinski definition) is 2. The third kappa shape index (κ3) is 5.76. The molecule has 0 aliphatic carbocycles. The van der Waals surface area contributed by atoms with E-state index in [9.17, 15) is 4.79 Å². The molecule has 2 amide bonds. The fourth-order valence-corrected chi connectivity index (χ4v) is 2.26. The lowest BCUT2D eigenvalue weighted by Gasteiger charge is -2.11. The average Bonchev–Trinajstić information content (AvgIpc) is 2.49. The fraction of sp³-hybridized carbons (Fsp3) is 0.176. The van der Waals surface area contributed by atoms with Gasteiger partial charge < -0.3 is 10.1 Å². The Morgan fingerprint density at radius 1 is 1.21 bits per heavy atom. The van der Waals surface area contributed by atoms with Crippen LogP contribution in [0, 0.1) is 0 Å². The highest BCUT2D eigenvalue weighted by Gasteiger charge is 2.04. The van der Waals surface area contributed by atoms with Gasteiger partial charge in [0.25, 0.3) is 0 Å². The number of nitrogens with one attached hydrogen (secondary N) is 2. The molecule has 126 valence electrons. The van der Waals surface area contributed by atoms with Gasteiger partial charge in [-0.15, -0.1) is 0 Å². The zero-order valence-electron chi connectivity index (χ0n) is 13.2. The monoisotopic (exact) mass is 365 g/mol. The van der Waals surface area contributed by atoms with Crippen LogP contribution in [-0.2, 0) is 0 Å². The van der Waals surface area contributed by atoms with Crippen molar-refractivity contribution < 1.29 is 9.53 Å². The molecule has 0 aliphatic rings. The van der Waals surface area contributed by atoms with Crippen molar-refractivity contribution in [2.75, 3.05) is 5.32 Å². The molecule has 5 nitrogen and oxygen atoms in total. The second-order valence-electron chi connectivity index (χ2n) is 5.19. The van der Waals surface area contributed by atoms with Crippen molar-refractivity contribution in [3.8, 4) is 5.75 Å². The summed E-state index contributed by atoms with van der Waals surface area (Å²) in [5.74, 6) is 0.607. The summed E-state index contributed by atoms with van der Waals surface area (Å²) in [6.45, 7) is 3.85. The van der Waals surface area contributed by atoms with E-state index < -0.39 is 6.03 Å². The van der Waals surface area contributed by atoms with Crippen LogP contribution in [0.5, 0.6) is 5.75 Å². The van der Waals surface area contributed by atoms with Crippen LogP contribution in [0.2, 0.25) is 10.0 Å². The number of rotatable bonds is 5. The maximum absolute atomic E-state index is 11.7. The first-order chi connectivity index (χ1) is 11.4. The van der Waals surface area contributed by atoms with Crippen molar-refractivity contribution >= 4 is 41.1 Å². The molecule has 2 N–H and O–H groups in total. The predicted molar refractivity (Wildman–Crippen MR) is 98.4 cm³/mol. The second-order valence-corrected chi connectivity index (χ2v) is 6.03. The molecule has 0 atom stereocenters. The van der Waals surface area contributed by atoms with Crippen LogP contribution >= 0.6 is 23.2 Å². The Kier molecular flexibility index (Phi) is 6.46. The number of hydrogen-bond acceptors (Lipinski definition) is 3. The molecule has 0 unspecified atom stereocenters. The number of amides is 2. The van der Waals surface area contributed by atoms with Gasteiger partial charge in [0.1, 0.15) is 5.75 Å². The Hall–Kier alpha value is -2.24. The summed E-state index contributed by atoms with van der Waals surface area (Å²) in [5.41, 5.74) is 3.68. The summed E-state index contributed by atoms with van der Waals surface area (Å²) in [5, 5.41) is 7.51. The second kappa shape index (κ2) is 8.57. The first-order valence-electron chi connectivity index (χ1n) is 7.26. The Labute approximate surface area is 150 Å². The van der Waals surface area contributed by atoms with Gasteiger partial charge in [0.15, 0.2) is 0 Å². The smallest absolute Gasteiger partial charge is 0.339 e. The highest BCUT2D eigenvalue weighted by Crippen LogP contribution is 2.25. The number of anilines is 1. The fourth-order valence-electron chi connectivity index (χ4n) is 1.84. The van der Waals surface area contributed by atoms with Gasteiger partial charge in [-0.1, -0.05) is 29.3 Å². The van der Waals surface area contributed by atoms with Crippen molar-refractivity contribution in [2.24, 2.45) is 5.10 Å². The summed E-state index contributed by atoms with van der Waals surface area (Å²) in [7, 11) is 0. The van der Waals surface area contributed by atoms with E-state index in [1.807, 2.05) is 13.8 Å². The van der Waals surface area contributed by atoms with E-state index >= 15 is 0 Å². The summed E-state index contributed by atoms with van der Waals surface area (Å²) < 4.78 is 5.55. The van der Waals surface area contributed by atoms with Gasteiger partial charge in [0.05, 0.1) is 17.3 Å². The van der Waals surface area contributed by atoms with E-state index in [1.54, 1.807) is 42.5 Å². The molecule has 0 heterocycles. The van der Waals surface area contributed by atoms with Crippen LogP contribution in [0.25, 0.3) is 0 Å². The SMILES string of the molecule is CC(C)Oc1ccc(/C=N\NC(=O)Nc2cccc(Cl)c2)cc1Cl. The molecular formula is C17H17Cl2N3O2. The minimum atomic E-state index is -0.473. The standard InChI is InChI=1S/C17H17Cl2N3O2/c1-11(2)24-16-7-6-12(8-15(16)19)10-20-22-17(23)21-14-5-3-4-13(18)9-14/h3-11H,1-2H3,(H2,21,22,23)/b20-10-. The topological polar surface area (TPSA) is 62.7 Å². The Balaban J connectivity index is 1.91. The van der Waals surface area contributed by atoms with E-state index in [0.717, 1.165) is 5.56 Å². The van der Waals surface area contributed by atoms with Crippen LogP contribution in [0.3, 0.4) is 0 Å². The lowest BCUT2D eigenvalue weighted by Crippen LogP contribution is -2.24. The minimum absolute atomic E-state index is 0.0406. The van der Waals surface area contributed by atoms with E-state index in [2.05, 4.69) is 15.8 Å². The van der Waals surface area contributed by atoms with Crippen molar-refractivity contribution in [3.05, 3.63) is 58.1 Å². The Bertz CT molecular complexity index is 748.